The maximum absolute atomic E-state index is 11.5. The highest BCUT2D eigenvalue weighted by Crippen LogP contribution is 2.02. The Bertz CT molecular complexity index is 349. The number of hydrogen-bond donors (Lipinski definition) is 2. The van der Waals surface area contributed by atoms with Crippen LogP contribution in [0.5, 0.6) is 0 Å². The van der Waals surface area contributed by atoms with Gasteiger partial charge in [0.05, 0.1) is 6.20 Å². The predicted molar refractivity (Wildman–Crippen MR) is 72.1 cm³/mol. The SMILES string of the molecule is Cn1cc(CCNC(=O)CCCCCCN)cn1. The van der Waals surface area contributed by atoms with Crippen molar-refractivity contribution in [3.8, 4) is 0 Å². The van der Waals surface area contributed by atoms with E-state index in [-0.39, 0.29) is 5.91 Å². The Morgan fingerprint density at radius 1 is 1.39 bits per heavy atom. The zero-order valence-corrected chi connectivity index (χ0v) is 11.2. The van der Waals surface area contributed by atoms with Gasteiger partial charge in [-0.2, -0.15) is 5.10 Å². The fraction of sp³-hybridized carbons (Fsp3) is 0.692. The Balaban J connectivity index is 2.00. The number of nitrogens with one attached hydrogen (secondary N) is 1. The first-order valence-corrected chi connectivity index (χ1v) is 6.66. The van der Waals surface area contributed by atoms with E-state index in [0.717, 1.165) is 44.2 Å². The number of nitrogens with zero attached hydrogens (tertiary/aromatic N) is 2. The van der Waals surface area contributed by atoms with E-state index in [0.29, 0.717) is 13.0 Å². The molecule has 1 heterocycles. The van der Waals surface area contributed by atoms with Crippen LogP contribution in [0.4, 0.5) is 0 Å². The van der Waals surface area contributed by atoms with Gasteiger partial charge in [-0.05, 0) is 31.4 Å². The number of carbonyl (C=O) groups excluding carboxylic acids is 1. The number of hydrogen-bond acceptors (Lipinski definition) is 3. The minimum atomic E-state index is 0.145. The van der Waals surface area contributed by atoms with Gasteiger partial charge in [0.1, 0.15) is 0 Å². The molecule has 1 rings (SSSR count). The molecule has 0 aromatic carbocycles. The highest BCUT2D eigenvalue weighted by Gasteiger charge is 2.01. The van der Waals surface area contributed by atoms with E-state index in [4.69, 9.17) is 5.73 Å². The standard InChI is InChI=1S/C13H24N4O/c1-17-11-12(10-16-17)7-9-15-13(18)6-4-2-3-5-8-14/h10-11H,2-9,14H2,1H3,(H,15,18). The van der Waals surface area contributed by atoms with Crippen molar-refractivity contribution in [1.29, 1.82) is 0 Å². The summed E-state index contributed by atoms with van der Waals surface area (Å²) in [6, 6.07) is 0. The molecule has 0 saturated carbocycles. The van der Waals surface area contributed by atoms with Gasteiger partial charge in [0.2, 0.25) is 5.91 Å². The fourth-order valence-electron chi connectivity index (χ4n) is 1.82. The van der Waals surface area contributed by atoms with Crippen LogP contribution in [0.2, 0.25) is 0 Å². The number of aromatic nitrogens is 2. The molecule has 0 aliphatic carbocycles. The first-order chi connectivity index (χ1) is 8.72. The molecule has 0 atom stereocenters. The molecule has 0 unspecified atom stereocenters. The van der Waals surface area contributed by atoms with Gasteiger partial charge in [-0.1, -0.05) is 12.8 Å². The van der Waals surface area contributed by atoms with Crippen LogP contribution in [0.25, 0.3) is 0 Å². The highest BCUT2D eigenvalue weighted by molar-refractivity contribution is 5.75. The zero-order valence-electron chi connectivity index (χ0n) is 11.2. The third-order valence-corrected chi connectivity index (χ3v) is 2.85. The van der Waals surface area contributed by atoms with Gasteiger partial charge in [-0.3, -0.25) is 9.48 Å². The summed E-state index contributed by atoms with van der Waals surface area (Å²) in [5, 5.41) is 7.02. The molecular formula is C13H24N4O. The van der Waals surface area contributed by atoms with Crippen molar-refractivity contribution in [2.75, 3.05) is 13.1 Å². The summed E-state index contributed by atoms with van der Waals surface area (Å²) in [6.45, 7) is 1.44. The van der Waals surface area contributed by atoms with E-state index in [1.165, 1.54) is 0 Å². The van der Waals surface area contributed by atoms with Crippen LogP contribution in [-0.4, -0.2) is 28.8 Å². The fourth-order valence-corrected chi connectivity index (χ4v) is 1.82. The lowest BCUT2D eigenvalue weighted by molar-refractivity contribution is -0.121. The number of unbranched alkanes of at least 4 members (excludes halogenated alkanes) is 3. The third-order valence-electron chi connectivity index (χ3n) is 2.85. The summed E-state index contributed by atoms with van der Waals surface area (Å²) < 4.78 is 1.77. The molecule has 0 fully saturated rings. The molecule has 1 amide bonds. The van der Waals surface area contributed by atoms with Crippen molar-refractivity contribution in [2.24, 2.45) is 12.8 Å². The largest absolute Gasteiger partial charge is 0.356 e. The Morgan fingerprint density at radius 3 is 2.83 bits per heavy atom. The molecule has 5 nitrogen and oxygen atoms in total. The van der Waals surface area contributed by atoms with E-state index < -0.39 is 0 Å². The summed E-state index contributed by atoms with van der Waals surface area (Å²) in [5.74, 6) is 0.145. The maximum atomic E-state index is 11.5. The first-order valence-electron chi connectivity index (χ1n) is 6.66. The van der Waals surface area contributed by atoms with Gasteiger partial charge in [0, 0.05) is 26.2 Å². The molecule has 102 valence electrons. The topological polar surface area (TPSA) is 72.9 Å². The Labute approximate surface area is 109 Å². The summed E-state index contributed by atoms with van der Waals surface area (Å²) in [4.78, 5) is 11.5. The molecule has 0 radical (unpaired) electrons. The van der Waals surface area contributed by atoms with Crippen molar-refractivity contribution in [3.05, 3.63) is 18.0 Å². The van der Waals surface area contributed by atoms with Crippen LogP contribution >= 0.6 is 0 Å². The summed E-state index contributed by atoms with van der Waals surface area (Å²) in [6.07, 6.45) is 9.50. The van der Waals surface area contributed by atoms with Gasteiger partial charge in [0.15, 0.2) is 0 Å². The second-order valence-corrected chi connectivity index (χ2v) is 4.58. The van der Waals surface area contributed by atoms with Crippen LogP contribution in [0, 0.1) is 0 Å². The molecule has 0 saturated heterocycles. The Kier molecular flexibility index (Phi) is 7.10. The molecule has 0 spiro atoms. The molecule has 1 aromatic heterocycles. The smallest absolute Gasteiger partial charge is 0.220 e. The van der Waals surface area contributed by atoms with Crippen LogP contribution in [0.1, 0.15) is 37.7 Å². The number of carbonyl (C=O) groups is 1. The predicted octanol–water partition coefficient (Wildman–Crippen LogP) is 0.988. The number of amides is 1. The van der Waals surface area contributed by atoms with E-state index in [2.05, 4.69) is 10.4 Å². The van der Waals surface area contributed by atoms with E-state index in [9.17, 15) is 4.79 Å². The highest BCUT2D eigenvalue weighted by atomic mass is 16.1. The van der Waals surface area contributed by atoms with Crippen LogP contribution in [-0.2, 0) is 18.3 Å². The lowest BCUT2D eigenvalue weighted by Crippen LogP contribution is -2.25. The average molecular weight is 252 g/mol. The average Bonchev–Trinajstić information content (AvgIpc) is 2.75. The molecule has 3 N–H and O–H groups in total. The lowest BCUT2D eigenvalue weighted by Gasteiger charge is -2.04. The molecule has 0 bridgehead atoms. The van der Waals surface area contributed by atoms with Gasteiger partial charge in [0.25, 0.3) is 0 Å². The second kappa shape index (κ2) is 8.69. The van der Waals surface area contributed by atoms with Gasteiger partial charge in [-0.25, -0.2) is 0 Å². The van der Waals surface area contributed by atoms with Crippen molar-refractivity contribution in [2.45, 2.75) is 38.5 Å². The van der Waals surface area contributed by atoms with E-state index in [1.807, 2.05) is 19.4 Å². The second-order valence-electron chi connectivity index (χ2n) is 4.58. The summed E-state index contributed by atoms with van der Waals surface area (Å²) in [5.41, 5.74) is 6.56. The first kappa shape index (κ1) is 14.7. The normalized spacial score (nSPS) is 10.6. The van der Waals surface area contributed by atoms with Crippen LogP contribution in [0.15, 0.2) is 12.4 Å². The number of aryl methyl sites for hydroxylation is 1. The van der Waals surface area contributed by atoms with Crippen LogP contribution < -0.4 is 11.1 Å². The lowest BCUT2D eigenvalue weighted by atomic mass is 10.1. The summed E-state index contributed by atoms with van der Waals surface area (Å²) >= 11 is 0. The Morgan fingerprint density at radius 2 is 2.17 bits per heavy atom. The van der Waals surface area contributed by atoms with Crippen molar-refractivity contribution < 1.29 is 4.79 Å². The van der Waals surface area contributed by atoms with Crippen molar-refractivity contribution in [1.82, 2.24) is 15.1 Å². The molecule has 0 aliphatic rings. The van der Waals surface area contributed by atoms with Gasteiger partial charge < -0.3 is 11.1 Å². The molecule has 1 aromatic rings. The molecule has 5 heteroatoms. The third kappa shape index (κ3) is 6.39. The minimum absolute atomic E-state index is 0.145. The number of nitrogens with two attached hydrogens (primary N) is 1. The monoisotopic (exact) mass is 252 g/mol. The van der Waals surface area contributed by atoms with Crippen LogP contribution in [0.3, 0.4) is 0 Å². The maximum Gasteiger partial charge on any atom is 0.220 e. The van der Waals surface area contributed by atoms with E-state index in [1.54, 1.807) is 4.68 Å². The minimum Gasteiger partial charge on any atom is -0.356 e. The Hall–Kier alpha value is -1.36. The van der Waals surface area contributed by atoms with E-state index >= 15 is 0 Å². The van der Waals surface area contributed by atoms with Crippen molar-refractivity contribution >= 4 is 5.91 Å². The van der Waals surface area contributed by atoms with Gasteiger partial charge in [-0.15, -0.1) is 0 Å². The zero-order chi connectivity index (χ0) is 13.2. The van der Waals surface area contributed by atoms with Gasteiger partial charge >= 0.3 is 0 Å². The number of rotatable bonds is 9. The quantitative estimate of drug-likeness (QED) is 0.644. The van der Waals surface area contributed by atoms with Crippen molar-refractivity contribution in [3.63, 3.8) is 0 Å². The molecule has 0 aliphatic heterocycles. The molecule has 18 heavy (non-hydrogen) atoms. The molecular weight excluding hydrogens is 228 g/mol. The summed E-state index contributed by atoms with van der Waals surface area (Å²) in [7, 11) is 1.89.